The molecule has 3 rings (SSSR count). The molecule has 1 aliphatic heterocycles. The van der Waals surface area contributed by atoms with Crippen LogP contribution in [0.1, 0.15) is 12.8 Å². The average molecular weight is 423 g/mol. The normalized spacial score (nSPS) is 17.7. The molecule has 1 saturated heterocycles. The third-order valence-corrected chi connectivity index (χ3v) is 7.36. The van der Waals surface area contributed by atoms with E-state index in [0.29, 0.717) is 5.69 Å². The number of para-hydroxylation sites is 1. The molecule has 1 fully saturated rings. The fourth-order valence-corrected chi connectivity index (χ4v) is 5.33. The van der Waals surface area contributed by atoms with Gasteiger partial charge in [-0.25, -0.2) is 16.8 Å². The minimum Gasteiger partial charge on any atom is -0.373 e. The molecule has 1 aliphatic rings. The molecule has 8 heteroatoms. The molecule has 1 heterocycles. The molecule has 152 valence electrons. The van der Waals surface area contributed by atoms with Crippen LogP contribution in [-0.2, 0) is 19.7 Å². The van der Waals surface area contributed by atoms with Gasteiger partial charge in [0.05, 0.1) is 15.5 Å². The molecule has 2 aromatic rings. The molecule has 0 amide bonds. The molecule has 1 atom stereocenters. The largest absolute Gasteiger partial charge is 0.373 e. The summed E-state index contributed by atoms with van der Waals surface area (Å²) in [5.41, 5.74) is 1.68. The van der Waals surface area contributed by atoms with Crippen molar-refractivity contribution in [3.05, 3.63) is 48.5 Å². The summed E-state index contributed by atoms with van der Waals surface area (Å²) in [4.78, 5) is 4.36. The highest BCUT2D eigenvalue weighted by Gasteiger charge is 2.30. The predicted octanol–water partition coefficient (Wildman–Crippen LogP) is 2.60. The second-order valence-electron chi connectivity index (χ2n) is 7.38. The molecule has 0 bridgehead atoms. The van der Waals surface area contributed by atoms with E-state index < -0.39 is 19.7 Å². The van der Waals surface area contributed by atoms with Crippen LogP contribution < -0.4 is 9.80 Å². The number of anilines is 2. The second kappa shape index (κ2) is 7.75. The Hall–Kier alpha value is -2.06. The van der Waals surface area contributed by atoms with Crippen LogP contribution >= 0.6 is 0 Å². The maximum Gasteiger partial charge on any atom is 0.177 e. The van der Waals surface area contributed by atoms with E-state index in [1.54, 1.807) is 6.07 Å². The van der Waals surface area contributed by atoms with E-state index in [4.69, 9.17) is 0 Å². The van der Waals surface area contributed by atoms with Crippen LogP contribution in [0.5, 0.6) is 0 Å². The number of nitrogens with zero attached hydrogens (tertiary/aromatic N) is 2. The van der Waals surface area contributed by atoms with Gasteiger partial charge in [-0.15, -0.1) is 0 Å². The SMILES string of the molecule is CN(CC1CCCN1c1ccc(S(C)(=O)=O)cc1S(C)(=O)=O)c1ccccc1. The lowest BCUT2D eigenvalue weighted by atomic mass is 10.2. The van der Waals surface area contributed by atoms with E-state index in [2.05, 4.69) is 9.80 Å². The van der Waals surface area contributed by atoms with Gasteiger partial charge in [0.2, 0.25) is 0 Å². The van der Waals surface area contributed by atoms with E-state index in [1.165, 1.54) is 12.1 Å². The van der Waals surface area contributed by atoms with Crippen molar-refractivity contribution in [2.75, 3.05) is 42.4 Å². The number of likely N-dealkylation sites (N-methyl/N-ethyl adjacent to an activating group) is 1. The first-order valence-electron chi connectivity index (χ1n) is 9.14. The Kier molecular flexibility index (Phi) is 5.72. The highest BCUT2D eigenvalue weighted by Crippen LogP contribution is 2.34. The first kappa shape index (κ1) is 20.7. The van der Waals surface area contributed by atoms with Crippen molar-refractivity contribution in [1.82, 2.24) is 0 Å². The van der Waals surface area contributed by atoms with Gasteiger partial charge < -0.3 is 9.80 Å². The van der Waals surface area contributed by atoms with Crippen molar-refractivity contribution in [3.8, 4) is 0 Å². The third-order valence-electron chi connectivity index (χ3n) is 5.13. The zero-order valence-corrected chi connectivity index (χ0v) is 18.0. The summed E-state index contributed by atoms with van der Waals surface area (Å²) in [5, 5.41) is 0. The molecule has 2 aromatic carbocycles. The van der Waals surface area contributed by atoms with E-state index in [9.17, 15) is 16.8 Å². The lowest BCUT2D eigenvalue weighted by Gasteiger charge is -2.32. The summed E-state index contributed by atoms with van der Waals surface area (Å²) >= 11 is 0. The van der Waals surface area contributed by atoms with Crippen LogP contribution in [0.3, 0.4) is 0 Å². The van der Waals surface area contributed by atoms with Gasteiger partial charge in [0.25, 0.3) is 0 Å². The number of benzene rings is 2. The predicted molar refractivity (Wildman–Crippen MR) is 113 cm³/mol. The summed E-state index contributed by atoms with van der Waals surface area (Å²) in [6.07, 6.45) is 4.12. The van der Waals surface area contributed by atoms with Crippen molar-refractivity contribution < 1.29 is 16.8 Å². The highest BCUT2D eigenvalue weighted by molar-refractivity contribution is 7.91. The summed E-state index contributed by atoms with van der Waals surface area (Å²) in [6.45, 7) is 1.50. The van der Waals surface area contributed by atoms with Crippen LogP contribution in [0, 0.1) is 0 Å². The maximum atomic E-state index is 12.4. The number of hydrogen-bond donors (Lipinski definition) is 0. The number of hydrogen-bond acceptors (Lipinski definition) is 6. The molecule has 0 radical (unpaired) electrons. The molecule has 1 unspecified atom stereocenters. The fourth-order valence-electron chi connectivity index (χ4n) is 3.71. The van der Waals surface area contributed by atoms with Crippen molar-refractivity contribution in [3.63, 3.8) is 0 Å². The van der Waals surface area contributed by atoms with Gasteiger partial charge in [0.15, 0.2) is 19.7 Å². The maximum absolute atomic E-state index is 12.4. The van der Waals surface area contributed by atoms with E-state index in [1.807, 2.05) is 37.4 Å². The Labute approximate surface area is 167 Å². The lowest BCUT2D eigenvalue weighted by molar-refractivity contribution is 0.598. The molecule has 0 aliphatic carbocycles. The lowest BCUT2D eigenvalue weighted by Crippen LogP contribution is -2.39. The minimum atomic E-state index is -3.58. The van der Waals surface area contributed by atoms with Crippen molar-refractivity contribution in [2.45, 2.75) is 28.7 Å². The van der Waals surface area contributed by atoms with Crippen LogP contribution in [0.4, 0.5) is 11.4 Å². The fraction of sp³-hybridized carbons (Fsp3) is 0.400. The molecule has 0 spiro atoms. The van der Waals surface area contributed by atoms with Crippen molar-refractivity contribution in [1.29, 1.82) is 0 Å². The zero-order valence-electron chi connectivity index (χ0n) is 16.4. The van der Waals surface area contributed by atoms with Crippen LogP contribution in [0.25, 0.3) is 0 Å². The molecule has 28 heavy (non-hydrogen) atoms. The Bertz CT molecular complexity index is 1050. The number of rotatable bonds is 6. The van der Waals surface area contributed by atoms with Crippen molar-refractivity contribution >= 4 is 31.0 Å². The second-order valence-corrected chi connectivity index (χ2v) is 11.4. The Morgan fingerprint density at radius 3 is 2.29 bits per heavy atom. The number of sulfone groups is 2. The summed E-state index contributed by atoms with van der Waals surface area (Å²) in [5.74, 6) is 0. The first-order chi connectivity index (χ1) is 13.1. The van der Waals surface area contributed by atoms with E-state index in [-0.39, 0.29) is 15.8 Å². The van der Waals surface area contributed by atoms with Gasteiger partial charge in [-0.3, -0.25) is 0 Å². The topological polar surface area (TPSA) is 74.8 Å². The summed E-state index contributed by atoms with van der Waals surface area (Å²) in [6, 6.07) is 14.6. The average Bonchev–Trinajstić information content (AvgIpc) is 3.08. The Morgan fingerprint density at radius 1 is 1.00 bits per heavy atom. The smallest absolute Gasteiger partial charge is 0.177 e. The van der Waals surface area contributed by atoms with Crippen LogP contribution in [0.15, 0.2) is 58.3 Å². The molecule has 6 nitrogen and oxygen atoms in total. The molecular formula is C20H26N2O4S2. The van der Waals surface area contributed by atoms with Crippen molar-refractivity contribution in [2.24, 2.45) is 0 Å². The van der Waals surface area contributed by atoms with E-state index >= 15 is 0 Å². The van der Waals surface area contributed by atoms with Gasteiger partial charge in [-0.1, -0.05) is 18.2 Å². The first-order valence-corrected chi connectivity index (χ1v) is 12.9. The standard InChI is InChI=1S/C20H26N2O4S2/c1-21(16-8-5-4-6-9-16)15-17-10-7-13-22(17)19-12-11-18(27(2,23)24)14-20(19)28(3,25)26/h4-6,8-9,11-12,14,17H,7,10,13,15H2,1-3H3. The zero-order chi connectivity index (χ0) is 20.5. The summed E-state index contributed by atoms with van der Waals surface area (Å²) < 4.78 is 48.6. The van der Waals surface area contributed by atoms with Gasteiger partial charge in [0, 0.05) is 44.4 Å². The third kappa shape index (κ3) is 4.50. The van der Waals surface area contributed by atoms with Gasteiger partial charge in [-0.2, -0.15) is 0 Å². The Morgan fingerprint density at radius 2 is 1.68 bits per heavy atom. The monoisotopic (exact) mass is 422 g/mol. The quantitative estimate of drug-likeness (QED) is 0.712. The van der Waals surface area contributed by atoms with Crippen LogP contribution in [0.2, 0.25) is 0 Å². The van der Waals surface area contributed by atoms with Gasteiger partial charge >= 0.3 is 0 Å². The van der Waals surface area contributed by atoms with Crippen LogP contribution in [-0.4, -0.2) is 55.5 Å². The Balaban J connectivity index is 1.95. The highest BCUT2D eigenvalue weighted by atomic mass is 32.2. The molecule has 0 saturated carbocycles. The molecule has 0 N–H and O–H groups in total. The van der Waals surface area contributed by atoms with E-state index in [0.717, 1.165) is 44.1 Å². The molecular weight excluding hydrogens is 396 g/mol. The minimum absolute atomic E-state index is 0.0221. The van der Waals surface area contributed by atoms with Gasteiger partial charge in [-0.05, 0) is 43.2 Å². The molecule has 0 aromatic heterocycles. The summed E-state index contributed by atoms with van der Waals surface area (Å²) in [7, 11) is -5.04. The van der Waals surface area contributed by atoms with Gasteiger partial charge in [0.1, 0.15) is 0 Å².